The molecule has 1 aliphatic rings. The molecule has 0 aromatic carbocycles. The van der Waals surface area contributed by atoms with Crippen LogP contribution in [0.5, 0.6) is 0 Å². The van der Waals surface area contributed by atoms with Gasteiger partial charge in [-0.1, -0.05) is 27.2 Å². The average molecular weight is 193 g/mol. The van der Waals surface area contributed by atoms with E-state index >= 15 is 0 Å². The first-order valence-electron chi connectivity index (χ1n) is 5.70. The summed E-state index contributed by atoms with van der Waals surface area (Å²) in [5.41, 5.74) is 0.393. The number of nitrogens with zero attached hydrogens (tertiary/aromatic N) is 1. The van der Waals surface area contributed by atoms with E-state index in [1.165, 1.54) is 25.8 Å². The average Bonchev–Trinajstić information content (AvgIpc) is 1.93. The van der Waals surface area contributed by atoms with Crippen molar-refractivity contribution in [2.24, 2.45) is 5.41 Å². The van der Waals surface area contributed by atoms with Crippen LogP contribution < -0.4 is 0 Å². The first-order valence-corrected chi connectivity index (χ1v) is 5.70. The summed E-state index contributed by atoms with van der Waals surface area (Å²) in [5, 5.41) is 0. The van der Waals surface area contributed by atoms with E-state index in [2.05, 4.69) is 31.6 Å². The van der Waals surface area contributed by atoms with Crippen LogP contribution in [0, 0.1) is 17.8 Å². The summed E-state index contributed by atoms with van der Waals surface area (Å²) in [4.78, 5) is 2.59. The van der Waals surface area contributed by atoms with E-state index < -0.39 is 0 Å². The smallest absolute Gasteiger partial charge is 0.0214 e. The van der Waals surface area contributed by atoms with Gasteiger partial charge in [-0.2, -0.15) is 0 Å². The zero-order valence-electron chi connectivity index (χ0n) is 9.84. The summed E-state index contributed by atoms with van der Waals surface area (Å²) in [6.07, 6.45) is 10.4. The molecule has 0 spiro atoms. The third kappa shape index (κ3) is 3.72. The van der Waals surface area contributed by atoms with Crippen molar-refractivity contribution >= 4 is 0 Å². The van der Waals surface area contributed by atoms with Gasteiger partial charge < -0.3 is 0 Å². The number of hydrogen-bond donors (Lipinski definition) is 0. The molecule has 0 radical (unpaired) electrons. The van der Waals surface area contributed by atoms with Crippen LogP contribution in [-0.2, 0) is 0 Å². The fourth-order valence-electron chi connectivity index (χ4n) is 1.96. The van der Waals surface area contributed by atoms with E-state index in [-0.39, 0.29) is 0 Å². The van der Waals surface area contributed by atoms with Crippen molar-refractivity contribution in [3.63, 3.8) is 0 Å². The minimum absolute atomic E-state index is 0.393. The molecule has 1 aliphatic carbocycles. The maximum Gasteiger partial charge on any atom is 0.0214 e. The molecule has 1 heteroatoms. The van der Waals surface area contributed by atoms with Gasteiger partial charge in [-0.3, -0.25) is 4.90 Å². The molecular formula is C13H23N. The molecule has 0 bridgehead atoms. The molecule has 14 heavy (non-hydrogen) atoms. The van der Waals surface area contributed by atoms with Gasteiger partial charge in [0.05, 0.1) is 0 Å². The highest BCUT2D eigenvalue weighted by Gasteiger charge is 2.27. The number of hydrogen-bond acceptors (Lipinski definition) is 1. The lowest BCUT2D eigenvalue weighted by molar-refractivity contribution is 0.0907. The lowest BCUT2D eigenvalue weighted by atomic mass is 9.88. The van der Waals surface area contributed by atoms with Crippen LogP contribution in [0.25, 0.3) is 0 Å². The predicted octanol–water partition coefficient (Wildman–Crippen LogP) is 2.91. The zero-order valence-corrected chi connectivity index (χ0v) is 9.84. The van der Waals surface area contributed by atoms with Crippen LogP contribution in [0.1, 0.15) is 46.5 Å². The summed E-state index contributed by atoms with van der Waals surface area (Å²) >= 11 is 0. The predicted molar refractivity (Wildman–Crippen MR) is 62.1 cm³/mol. The van der Waals surface area contributed by atoms with Gasteiger partial charge in [0.25, 0.3) is 0 Å². The summed E-state index contributed by atoms with van der Waals surface area (Å²) in [7, 11) is 0. The maximum atomic E-state index is 5.32. The minimum atomic E-state index is 0.393. The Hall–Kier alpha value is -0.480. The Morgan fingerprint density at radius 3 is 2.36 bits per heavy atom. The van der Waals surface area contributed by atoms with E-state index in [0.717, 1.165) is 19.0 Å². The molecule has 0 atom stereocenters. The van der Waals surface area contributed by atoms with E-state index in [9.17, 15) is 0 Å². The SMILES string of the molecule is C#CCCN(CC(C)(C)C)C1CCC1. The highest BCUT2D eigenvalue weighted by molar-refractivity contribution is 4.89. The standard InChI is InChI=1S/C13H23N/c1-5-6-10-14(11-13(2,3)4)12-8-7-9-12/h1,12H,6-11H2,2-4H3. The third-order valence-corrected chi connectivity index (χ3v) is 2.81. The molecule has 1 nitrogen and oxygen atoms in total. The van der Waals surface area contributed by atoms with E-state index in [4.69, 9.17) is 6.42 Å². The first kappa shape index (κ1) is 11.6. The Kier molecular flexibility index (Phi) is 4.01. The quantitative estimate of drug-likeness (QED) is 0.621. The molecule has 1 saturated carbocycles. The lowest BCUT2D eigenvalue weighted by Crippen LogP contribution is -2.44. The normalized spacial score (nSPS) is 17.9. The topological polar surface area (TPSA) is 3.24 Å². The largest absolute Gasteiger partial charge is 0.299 e. The van der Waals surface area contributed by atoms with Gasteiger partial charge in [0.15, 0.2) is 0 Å². The van der Waals surface area contributed by atoms with Gasteiger partial charge in [0.2, 0.25) is 0 Å². The van der Waals surface area contributed by atoms with Gasteiger partial charge in [0.1, 0.15) is 0 Å². The molecule has 0 heterocycles. The summed E-state index contributed by atoms with van der Waals surface area (Å²) in [6.45, 7) is 9.16. The van der Waals surface area contributed by atoms with Crippen LogP contribution in [0.15, 0.2) is 0 Å². The fraction of sp³-hybridized carbons (Fsp3) is 0.846. The van der Waals surface area contributed by atoms with Crippen LogP contribution in [0.2, 0.25) is 0 Å². The molecule has 1 fully saturated rings. The van der Waals surface area contributed by atoms with Crippen molar-refractivity contribution in [1.29, 1.82) is 0 Å². The van der Waals surface area contributed by atoms with Crippen molar-refractivity contribution in [3.05, 3.63) is 0 Å². The molecule has 0 aromatic rings. The highest BCUT2D eigenvalue weighted by atomic mass is 15.2. The molecule has 0 amide bonds. The van der Waals surface area contributed by atoms with E-state index in [0.29, 0.717) is 5.41 Å². The molecule has 0 N–H and O–H groups in total. The monoisotopic (exact) mass is 193 g/mol. The molecular weight excluding hydrogens is 170 g/mol. The van der Waals surface area contributed by atoms with Crippen molar-refractivity contribution in [2.45, 2.75) is 52.5 Å². The summed E-state index contributed by atoms with van der Waals surface area (Å²) in [6, 6.07) is 0.822. The Labute approximate surface area is 88.9 Å². The molecule has 1 rings (SSSR count). The minimum Gasteiger partial charge on any atom is -0.299 e. The van der Waals surface area contributed by atoms with Crippen LogP contribution in [0.3, 0.4) is 0 Å². The Balaban J connectivity index is 2.40. The van der Waals surface area contributed by atoms with E-state index in [1.54, 1.807) is 0 Å². The fourth-order valence-corrected chi connectivity index (χ4v) is 1.96. The van der Waals surface area contributed by atoms with Gasteiger partial charge >= 0.3 is 0 Å². The lowest BCUT2D eigenvalue weighted by Gasteiger charge is -2.40. The molecule has 80 valence electrons. The second kappa shape index (κ2) is 4.84. The summed E-state index contributed by atoms with van der Waals surface area (Å²) in [5.74, 6) is 2.75. The van der Waals surface area contributed by atoms with Crippen LogP contribution in [0.4, 0.5) is 0 Å². The molecule has 0 saturated heterocycles. The Bertz CT molecular complexity index is 202. The van der Waals surface area contributed by atoms with E-state index in [1.807, 2.05) is 0 Å². The Morgan fingerprint density at radius 1 is 1.36 bits per heavy atom. The van der Waals surface area contributed by atoms with Crippen molar-refractivity contribution in [1.82, 2.24) is 4.90 Å². The van der Waals surface area contributed by atoms with Gasteiger partial charge in [-0.15, -0.1) is 12.3 Å². The van der Waals surface area contributed by atoms with Crippen molar-refractivity contribution < 1.29 is 0 Å². The van der Waals surface area contributed by atoms with Gasteiger partial charge in [-0.05, 0) is 18.3 Å². The molecule has 0 aliphatic heterocycles. The first-order chi connectivity index (χ1) is 6.53. The second-order valence-electron chi connectivity index (χ2n) is 5.57. The maximum absolute atomic E-state index is 5.32. The zero-order chi connectivity index (χ0) is 10.6. The molecule has 0 unspecified atom stereocenters. The van der Waals surface area contributed by atoms with Crippen molar-refractivity contribution in [3.8, 4) is 12.3 Å². The van der Waals surface area contributed by atoms with Gasteiger partial charge in [0, 0.05) is 25.6 Å². The summed E-state index contributed by atoms with van der Waals surface area (Å²) < 4.78 is 0. The number of rotatable bonds is 4. The third-order valence-electron chi connectivity index (χ3n) is 2.81. The van der Waals surface area contributed by atoms with Gasteiger partial charge in [-0.25, -0.2) is 0 Å². The molecule has 0 aromatic heterocycles. The van der Waals surface area contributed by atoms with Crippen LogP contribution in [-0.4, -0.2) is 24.0 Å². The number of terminal acetylenes is 1. The second-order valence-corrected chi connectivity index (χ2v) is 5.57. The Morgan fingerprint density at radius 2 is 2.00 bits per heavy atom. The highest BCUT2D eigenvalue weighted by Crippen LogP contribution is 2.28. The van der Waals surface area contributed by atoms with Crippen LogP contribution >= 0.6 is 0 Å². The van der Waals surface area contributed by atoms with Crippen molar-refractivity contribution in [2.75, 3.05) is 13.1 Å².